The molecule has 0 aliphatic rings. The molecule has 0 atom stereocenters. The van der Waals surface area contributed by atoms with Gasteiger partial charge in [-0.3, -0.25) is 9.98 Å². The van der Waals surface area contributed by atoms with Gasteiger partial charge < -0.3 is 15.3 Å². The SMILES string of the molecule is CC(C)[O-].[Al+3].[O-]c1ccccc1C=NCCCCN=Cc1ccccc1[O-]. The molecule has 0 amide bonds. The molecular weight excluding hydrogens is 355 g/mol. The van der Waals surface area contributed by atoms with E-state index in [2.05, 4.69) is 9.98 Å². The van der Waals surface area contributed by atoms with Crippen LogP contribution in [0.25, 0.3) is 0 Å². The third-order valence-corrected chi connectivity index (χ3v) is 3.12. The second-order valence-electron chi connectivity index (χ2n) is 5.90. The molecule has 6 heteroatoms. The summed E-state index contributed by atoms with van der Waals surface area (Å²) in [6, 6.07) is 13.7. The van der Waals surface area contributed by atoms with Crippen LogP contribution in [0.5, 0.6) is 11.5 Å². The number of unbranched alkanes of at least 4 members (excludes halogenated alkanes) is 1. The zero-order chi connectivity index (χ0) is 19.2. The Bertz CT molecular complexity index is 643. The van der Waals surface area contributed by atoms with E-state index in [1.165, 1.54) is 12.1 Å². The molecular formula is C21H25AlN2O3. The monoisotopic (exact) mass is 380 g/mol. The smallest absolute Gasteiger partial charge is 0.872 e. The van der Waals surface area contributed by atoms with Gasteiger partial charge in [-0.2, -0.15) is 0 Å². The van der Waals surface area contributed by atoms with Gasteiger partial charge in [0.25, 0.3) is 0 Å². The number of nitrogens with zero attached hydrogens (tertiary/aromatic N) is 2. The van der Waals surface area contributed by atoms with Crippen LogP contribution in [0, 0.1) is 0 Å². The van der Waals surface area contributed by atoms with Gasteiger partial charge in [0.2, 0.25) is 0 Å². The van der Waals surface area contributed by atoms with Gasteiger partial charge in [-0.15, -0.1) is 17.6 Å². The number of aliphatic imine (C=N–C) groups is 2. The molecule has 2 aromatic carbocycles. The molecule has 0 N–H and O–H groups in total. The van der Waals surface area contributed by atoms with Crippen molar-refractivity contribution >= 4 is 29.8 Å². The normalized spacial score (nSPS) is 10.7. The van der Waals surface area contributed by atoms with Gasteiger partial charge in [-0.1, -0.05) is 62.4 Å². The molecule has 0 fully saturated rings. The largest absolute Gasteiger partial charge is 3.00 e. The van der Waals surface area contributed by atoms with E-state index in [0.29, 0.717) is 24.2 Å². The zero-order valence-electron chi connectivity index (χ0n) is 15.9. The fourth-order valence-electron chi connectivity index (χ4n) is 1.91. The quantitative estimate of drug-likeness (QED) is 0.414. The first kappa shape index (κ1) is 24.9. The molecule has 0 radical (unpaired) electrons. The minimum atomic E-state index is -0.417. The topological polar surface area (TPSA) is 93.9 Å². The summed E-state index contributed by atoms with van der Waals surface area (Å²) in [6.45, 7) is 4.56. The molecule has 0 aliphatic carbocycles. The zero-order valence-corrected chi connectivity index (χ0v) is 17.0. The summed E-state index contributed by atoms with van der Waals surface area (Å²) < 4.78 is 0. The van der Waals surface area contributed by atoms with Gasteiger partial charge in [0.15, 0.2) is 0 Å². The van der Waals surface area contributed by atoms with E-state index in [9.17, 15) is 15.3 Å². The molecule has 0 aromatic heterocycles. The Kier molecular flexibility index (Phi) is 13.8. The Morgan fingerprint density at radius 2 is 1.11 bits per heavy atom. The summed E-state index contributed by atoms with van der Waals surface area (Å²) >= 11 is 0. The number of para-hydroxylation sites is 2. The van der Waals surface area contributed by atoms with E-state index in [0.717, 1.165) is 12.8 Å². The second kappa shape index (κ2) is 15.0. The molecule has 0 heterocycles. The first-order valence-electron chi connectivity index (χ1n) is 8.68. The van der Waals surface area contributed by atoms with E-state index in [1.54, 1.807) is 50.5 Å². The molecule has 0 aliphatic heterocycles. The van der Waals surface area contributed by atoms with Gasteiger partial charge in [-0.05, 0) is 24.0 Å². The van der Waals surface area contributed by atoms with Crippen LogP contribution in [0.3, 0.4) is 0 Å². The van der Waals surface area contributed by atoms with Crippen molar-refractivity contribution in [2.45, 2.75) is 32.8 Å². The molecule has 0 bridgehead atoms. The molecule has 5 nitrogen and oxygen atoms in total. The van der Waals surface area contributed by atoms with Crippen LogP contribution in [0.1, 0.15) is 37.8 Å². The third kappa shape index (κ3) is 12.0. The van der Waals surface area contributed by atoms with E-state index in [1.807, 2.05) is 12.1 Å². The Morgan fingerprint density at radius 3 is 1.44 bits per heavy atom. The Hall–Kier alpha value is -2.13. The molecule has 0 spiro atoms. The van der Waals surface area contributed by atoms with Crippen molar-refractivity contribution in [3.8, 4) is 11.5 Å². The Morgan fingerprint density at radius 1 is 0.778 bits per heavy atom. The Labute approximate surface area is 172 Å². The van der Waals surface area contributed by atoms with Crippen molar-refractivity contribution in [2.24, 2.45) is 9.98 Å². The Balaban J connectivity index is 0.00000123. The van der Waals surface area contributed by atoms with Crippen LogP contribution < -0.4 is 15.3 Å². The molecule has 0 unspecified atom stereocenters. The minimum absolute atomic E-state index is 0. The van der Waals surface area contributed by atoms with Crippen LogP contribution in [-0.4, -0.2) is 49.0 Å². The van der Waals surface area contributed by atoms with Crippen LogP contribution in [-0.2, 0) is 0 Å². The average molecular weight is 380 g/mol. The predicted octanol–water partition coefficient (Wildman–Crippen LogP) is 1.53. The number of benzene rings is 2. The van der Waals surface area contributed by atoms with Crippen LogP contribution >= 0.6 is 0 Å². The fraction of sp³-hybridized carbons (Fsp3) is 0.333. The van der Waals surface area contributed by atoms with E-state index < -0.39 is 6.10 Å². The minimum Gasteiger partial charge on any atom is -0.872 e. The molecule has 2 rings (SSSR count). The maximum absolute atomic E-state index is 11.5. The predicted molar refractivity (Wildman–Crippen MR) is 107 cm³/mol. The van der Waals surface area contributed by atoms with Crippen molar-refractivity contribution < 1.29 is 15.3 Å². The van der Waals surface area contributed by atoms with Gasteiger partial charge in [0.05, 0.1) is 0 Å². The van der Waals surface area contributed by atoms with Crippen molar-refractivity contribution in [2.75, 3.05) is 13.1 Å². The first-order valence-corrected chi connectivity index (χ1v) is 8.68. The number of hydrogen-bond donors (Lipinski definition) is 0. The maximum atomic E-state index is 11.5. The van der Waals surface area contributed by atoms with Crippen molar-refractivity contribution in [1.29, 1.82) is 0 Å². The first-order chi connectivity index (χ1) is 12.5. The summed E-state index contributed by atoms with van der Waals surface area (Å²) in [6.07, 6.45) is 4.63. The average Bonchev–Trinajstić information content (AvgIpc) is 2.60. The van der Waals surface area contributed by atoms with Crippen molar-refractivity contribution in [3.05, 3.63) is 59.7 Å². The number of rotatable bonds is 7. The van der Waals surface area contributed by atoms with Crippen LogP contribution in [0.4, 0.5) is 0 Å². The van der Waals surface area contributed by atoms with Crippen molar-refractivity contribution in [3.63, 3.8) is 0 Å². The van der Waals surface area contributed by atoms with E-state index >= 15 is 0 Å². The molecule has 0 saturated carbocycles. The van der Waals surface area contributed by atoms with Crippen LogP contribution in [0.15, 0.2) is 58.5 Å². The standard InChI is InChI=1S/C18H20N2O2.C3H7O.Al/c21-17-9-3-1-7-15(17)13-19-11-5-6-12-20-14-16-8-2-4-10-18(16)22;1-3(2)4;/h1-4,7-10,13-14,21-22H,5-6,11-12H2;3H,1-2H3;/q;-1;+3/p-2. The molecule has 0 saturated heterocycles. The summed E-state index contributed by atoms with van der Waals surface area (Å²) in [5.41, 5.74) is 1.24. The van der Waals surface area contributed by atoms with Gasteiger partial charge in [0.1, 0.15) is 0 Å². The maximum Gasteiger partial charge on any atom is 3.00 e. The molecule has 2 aromatic rings. The van der Waals surface area contributed by atoms with Crippen molar-refractivity contribution in [1.82, 2.24) is 0 Å². The molecule has 140 valence electrons. The fourth-order valence-corrected chi connectivity index (χ4v) is 1.91. The van der Waals surface area contributed by atoms with E-state index in [4.69, 9.17) is 0 Å². The van der Waals surface area contributed by atoms with Gasteiger partial charge in [0, 0.05) is 25.5 Å². The summed E-state index contributed by atoms with van der Waals surface area (Å²) in [7, 11) is 0. The summed E-state index contributed by atoms with van der Waals surface area (Å²) in [4.78, 5) is 8.49. The summed E-state index contributed by atoms with van der Waals surface area (Å²) in [5.74, 6) is -0.0146. The van der Waals surface area contributed by atoms with Crippen LogP contribution in [0.2, 0.25) is 0 Å². The van der Waals surface area contributed by atoms with Gasteiger partial charge >= 0.3 is 17.4 Å². The van der Waals surface area contributed by atoms with Gasteiger partial charge in [-0.25, -0.2) is 0 Å². The number of hydrogen-bond acceptors (Lipinski definition) is 5. The van der Waals surface area contributed by atoms with E-state index in [-0.39, 0.29) is 28.9 Å². The summed E-state index contributed by atoms with van der Waals surface area (Å²) in [5, 5.41) is 32.4. The molecule has 27 heavy (non-hydrogen) atoms. The third-order valence-electron chi connectivity index (χ3n) is 3.12. The second-order valence-corrected chi connectivity index (χ2v) is 5.90.